The number of methoxy groups -OCH3 is 1. The van der Waals surface area contributed by atoms with Gasteiger partial charge < -0.3 is 19.9 Å². The highest BCUT2D eigenvalue weighted by molar-refractivity contribution is 8.01. The molecule has 1 N–H and O–H groups in total. The molecule has 1 saturated heterocycles. The largest absolute Gasteiger partial charge is 0.495 e. The first kappa shape index (κ1) is 20.3. The van der Waals surface area contributed by atoms with Crippen LogP contribution in [-0.2, 0) is 14.4 Å². The molecule has 1 atom stereocenters. The van der Waals surface area contributed by atoms with Crippen LogP contribution in [0.3, 0.4) is 0 Å². The third kappa shape index (κ3) is 4.00. The lowest BCUT2D eigenvalue weighted by Gasteiger charge is -2.34. The number of nitrogens with one attached hydrogen (secondary N) is 1. The molecular weight excluding hydrogens is 402 g/mol. The van der Waals surface area contributed by atoms with Gasteiger partial charge in [0.2, 0.25) is 11.8 Å². The fraction of sp³-hybridized carbons (Fsp3) is 0.318. The minimum absolute atomic E-state index is 0.174. The summed E-state index contributed by atoms with van der Waals surface area (Å²) in [6.07, 6.45) is 1.91. The zero-order chi connectivity index (χ0) is 21.1. The van der Waals surface area contributed by atoms with Gasteiger partial charge in [-0.1, -0.05) is 24.3 Å². The summed E-state index contributed by atoms with van der Waals surface area (Å²) in [4.78, 5) is 43.0. The first-order chi connectivity index (χ1) is 14.6. The van der Waals surface area contributed by atoms with E-state index in [1.54, 1.807) is 29.2 Å². The Bertz CT molecular complexity index is 974. The Hall–Kier alpha value is -3.00. The van der Waals surface area contributed by atoms with Crippen LogP contribution in [0.2, 0.25) is 0 Å². The summed E-state index contributed by atoms with van der Waals surface area (Å²) in [6, 6.07) is 14.4. The van der Waals surface area contributed by atoms with Crippen LogP contribution >= 0.6 is 11.8 Å². The minimum atomic E-state index is -0.864. The zero-order valence-electron chi connectivity index (χ0n) is 16.7. The van der Waals surface area contributed by atoms with E-state index in [2.05, 4.69) is 5.32 Å². The number of carbonyl (C=O) groups is 3. The van der Waals surface area contributed by atoms with E-state index in [-0.39, 0.29) is 24.3 Å². The van der Waals surface area contributed by atoms with Crippen LogP contribution in [0.5, 0.6) is 5.75 Å². The van der Waals surface area contributed by atoms with Crippen molar-refractivity contribution in [3.63, 3.8) is 0 Å². The highest BCUT2D eigenvalue weighted by Gasteiger charge is 2.41. The summed E-state index contributed by atoms with van der Waals surface area (Å²) in [5, 5.41) is 1.94. The Kier molecular flexibility index (Phi) is 5.94. The number of fused-ring (bicyclic) bond motifs is 1. The molecule has 0 aliphatic carbocycles. The van der Waals surface area contributed by atoms with Crippen LogP contribution in [0, 0.1) is 0 Å². The monoisotopic (exact) mass is 425 g/mol. The molecule has 0 unspecified atom stereocenters. The summed E-state index contributed by atoms with van der Waals surface area (Å²) in [7, 11) is 1.53. The molecule has 1 fully saturated rings. The zero-order valence-corrected chi connectivity index (χ0v) is 17.5. The molecule has 0 saturated carbocycles. The van der Waals surface area contributed by atoms with Gasteiger partial charge in [0.15, 0.2) is 5.25 Å². The van der Waals surface area contributed by atoms with E-state index in [0.717, 1.165) is 17.7 Å². The van der Waals surface area contributed by atoms with Gasteiger partial charge in [-0.05, 0) is 37.1 Å². The van der Waals surface area contributed by atoms with Crippen molar-refractivity contribution < 1.29 is 19.1 Å². The molecule has 0 radical (unpaired) electrons. The highest BCUT2D eigenvalue weighted by Crippen LogP contribution is 2.40. The van der Waals surface area contributed by atoms with Gasteiger partial charge in [0.1, 0.15) is 12.3 Å². The van der Waals surface area contributed by atoms with Crippen LogP contribution < -0.4 is 15.0 Å². The van der Waals surface area contributed by atoms with E-state index >= 15 is 0 Å². The normalized spacial score (nSPS) is 18.2. The Morgan fingerprint density at radius 3 is 2.57 bits per heavy atom. The first-order valence-electron chi connectivity index (χ1n) is 9.87. The number of ether oxygens (including phenoxy) is 1. The molecule has 0 aromatic heterocycles. The highest BCUT2D eigenvalue weighted by atomic mass is 32.2. The third-order valence-electron chi connectivity index (χ3n) is 5.22. The number of para-hydroxylation sites is 3. The predicted octanol–water partition coefficient (Wildman–Crippen LogP) is 2.76. The van der Waals surface area contributed by atoms with Crippen molar-refractivity contribution in [1.29, 1.82) is 0 Å². The molecule has 8 heteroatoms. The molecule has 2 aliphatic rings. The van der Waals surface area contributed by atoms with Crippen molar-refractivity contribution in [2.45, 2.75) is 23.0 Å². The molecule has 2 aromatic carbocycles. The first-order valence-corrected chi connectivity index (χ1v) is 10.7. The van der Waals surface area contributed by atoms with Crippen LogP contribution in [0.1, 0.15) is 12.8 Å². The second-order valence-electron chi connectivity index (χ2n) is 7.17. The Morgan fingerprint density at radius 2 is 1.80 bits per heavy atom. The molecule has 7 nitrogen and oxygen atoms in total. The number of amides is 3. The fourth-order valence-corrected chi connectivity index (χ4v) is 4.91. The molecule has 3 amide bonds. The second kappa shape index (κ2) is 8.79. The van der Waals surface area contributed by atoms with Crippen molar-refractivity contribution in [3.05, 3.63) is 48.5 Å². The maximum absolute atomic E-state index is 13.3. The van der Waals surface area contributed by atoms with Gasteiger partial charge in [0.05, 0.1) is 18.5 Å². The number of benzene rings is 2. The van der Waals surface area contributed by atoms with E-state index < -0.39 is 5.25 Å². The number of thioether (sulfide) groups is 1. The van der Waals surface area contributed by atoms with E-state index in [1.807, 2.05) is 24.3 Å². The van der Waals surface area contributed by atoms with E-state index in [0.29, 0.717) is 30.2 Å². The Morgan fingerprint density at radius 1 is 1.10 bits per heavy atom. The number of anilines is 2. The standard InChI is InChI=1S/C22H23N3O4S/c1-29-17-10-4-2-8-15(17)23-19(26)14-25-16-9-3-5-11-18(16)30-20(22(25)28)21(27)24-12-6-7-13-24/h2-5,8-11,20H,6-7,12-14H2,1H3,(H,23,26)/t20-/m0/s1. The SMILES string of the molecule is COc1ccccc1NC(=O)CN1C(=O)[C@H](C(=O)N2CCCC2)Sc2ccccc21. The summed E-state index contributed by atoms with van der Waals surface area (Å²) in [6.45, 7) is 1.18. The molecule has 156 valence electrons. The van der Waals surface area contributed by atoms with Gasteiger partial charge in [-0.25, -0.2) is 0 Å². The van der Waals surface area contributed by atoms with Gasteiger partial charge >= 0.3 is 0 Å². The average Bonchev–Trinajstić information content (AvgIpc) is 3.30. The van der Waals surface area contributed by atoms with Crippen molar-refractivity contribution in [3.8, 4) is 5.75 Å². The van der Waals surface area contributed by atoms with Crippen LogP contribution in [0.15, 0.2) is 53.4 Å². The Balaban J connectivity index is 1.56. The third-order valence-corrected chi connectivity index (χ3v) is 6.45. The number of likely N-dealkylation sites (tertiary alicyclic amines) is 1. The second-order valence-corrected chi connectivity index (χ2v) is 8.32. The van der Waals surface area contributed by atoms with Gasteiger partial charge in [-0.2, -0.15) is 0 Å². The van der Waals surface area contributed by atoms with Crippen molar-refractivity contribution in [2.24, 2.45) is 0 Å². The minimum Gasteiger partial charge on any atom is -0.495 e. The molecule has 0 spiro atoms. The molecule has 0 bridgehead atoms. The van der Waals surface area contributed by atoms with Crippen LogP contribution in [-0.4, -0.2) is 54.6 Å². The average molecular weight is 426 g/mol. The van der Waals surface area contributed by atoms with Crippen molar-refractivity contribution in [1.82, 2.24) is 4.90 Å². The molecule has 2 aromatic rings. The Labute approximate surface area is 179 Å². The van der Waals surface area contributed by atoms with E-state index in [9.17, 15) is 14.4 Å². The molecular formula is C22H23N3O4S. The lowest BCUT2D eigenvalue weighted by atomic mass is 10.2. The summed E-state index contributed by atoms with van der Waals surface area (Å²) >= 11 is 1.27. The number of carbonyl (C=O) groups excluding carboxylic acids is 3. The summed E-state index contributed by atoms with van der Waals surface area (Å²) in [5.74, 6) is -0.353. The van der Waals surface area contributed by atoms with Crippen LogP contribution in [0.4, 0.5) is 11.4 Å². The molecule has 30 heavy (non-hydrogen) atoms. The van der Waals surface area contributed by atoms with E-state index in [4.69, 9.17) is 4.74 Å². The summed E-state index contributed by atoms with van der Waals surface area (Å²) in [5.41, 5.74) is 1.18. The number of rotatable bonds is 5. The van der Waals surface area contributed by atoms with Gasteiger partial charge in [0.25, 0.3) is 5.91 Å². The summed E-state index contributed by atoms with van der Waals surface area (Å²) < 4.78 is 5.27. The van der Waals surface area contributed by atoms with Gasteiger partial charge in [-0.15, -0.1) is 11.8 Å². The van der Waals surface area contributed by atoms with Crippen LogP contribution in [0.25, 0.3) is 0 Å². The van der Waals surface area contributed by atoms with E-state index in [1.165, 1.54) is 23.8 Å². The molecule has 2 heterocycles. The van der Waals surface area contributed by atoms with Crippen molar-refractivity contribution in [2.75, 3.05) is 37.0 Å². The maximum Gasteiger partial charge on any atom is 0.250 e. The smallest absolute Gasteiger partial charge is 0.250 e. The van der Waals surface area contributed by atoms with Gasteiger partial charge in [0, 0.05) is 18.0 Å². The predicted molar refractivity (Wildman–Crippen MR) is 116 cm³/mol. The topological polar surface area (TPSA) is 79.0 Å². The maximum atomic E-state index is 13.3. The fourth-order valence-electron chi connectivity index (χ4n) is 3.72. The lowest BCUT2D eigenvalue weighted by molar-refractivity contribution is -0.134. The molecule has 2 aliphatic heterocycles. The number of hydrogen-bond acceptors (Lipinski definition) is 5. The van der Waals surface area contributed by atoms with Gasteiger partial charge in [-0.3, -0.25) is 14.4 Å². The van der Waals surface area contributed by atoms with Crippen molar-refractivity contribution >= 4 is 40.9 Å². The number of nitrogens with zero attached hydrogens (tertiary/aromatic N) is 2. The lowest BCUT2D eigenvalue weighted by Crippen LogP contribution is -2.51. The number of hydrogen-bond donors (Lipinski definition) is 1. The quantitative estimate of drug-likeness (QED) is 0.746. The molecule has 4 rings (SSSR count).